The molecule has 0 saturated carbocycles. The van der Waals surface area contributed by atoms with Crippen LogP contribution in [-0.2, 0) is 32.2 Å². The first kappa shape index (κ1) is 25.1. The van der Waals surface area contributed by atoms with Crippen LogP contribution in [0.15, 0.2) is 91.0 Å². The second-order valence-corrected chi connectivity index (χ2v) is 8.62. The molecule has 2 atom stereocenters. The maximum Gasteiger partial charge on any atom is 0.417 e. The normalized spacial score (nSPS) is 16.0. The molecule has 0 radical (unpaired) electrons. The zero-order chi connectivity index (χ0) is 25.3. The van der Waals surface area contributed by atoms with E-state index < -0.39 is 30.1 Å². The molecule has 0 unspecified atom stereocenters. The highest BCUT2D eigenvalue weighted by molar-refractivity contribution is 5.96. The van der Waals surface area contributed by atoms with Gasteiger partial charge in [0.2, 0.25) is 5.91 Å². The fraction of sp³-hybridized carbons (Fsp3) is 0.276. The Labute approximate surface area is 211 Å². The lowest BCUT2D eigenvalue weighted by Crippen LogP contribution is -2.46. The zero-order valence-electron chi connectivity index (χ0n) is 20.3. The molecule has 0 bridgehead atoms. The molecule has 7 nitrogen and oxygen atoms in total. The molecule has 0 aromatic heterocycles. The molecule has 186 valence electrons. The van der Waals surface area contributed by atoms with Crippen LogP contribution in [0.3, 0.4) is 0 Å². The van der Waals surface area contributed by atoms with Crippen molar-refractivity contribution in [3.63, 3.8) is 0 Å². The fourth-order valence-electron chi connectivity index (χ4n) is 4.39. The number of carbonyl (C=O) groups excluding carboxylic acids is 3. The summed E-state index contributed by atoms with van der Waals surface area (Å²) in [7, 11) is 0. The van der Waals surface area contributed by atoms with Crippen LogP contribution >= 0.6 is 0 Å². The molecule has 1 heterocycles. The standard InChI is InChI=1S/C29H30N2O5/c1-2-35-28(33)25(18-27(32)31-26(21-36-29(31)34)24-16-10-5-11-17-24)30(19-22-12-6-3-7-13-22)20-23-14-8-4-9-15-23/h3-17,25-26H,2,18-21H2,1H3/t25-,26+/m1/s1. The molecule has 3 aromatic carbocycles. The van der Waals surface area contributed by atoms with E-state index in [-0.39, 0.29) is 19.6 Å². The zero-order valence-corrected chi connectivity index (χ0v) is 20.3. The van der Waals surface area contributed by atoms with Crippen LogP contribution in [0.25, 0.3) is 0 Å². The number of hydrogen-bond donors (Lipinski definition) is 0. The highest BCUT2D eigenvalue weighted by Gasteiger charge is 2.41. The Morgan fingerprint density at radius 1 is 0.917 bits per heavy atom. The van der Waals surface area contributed by atoms with E-state index in [4.69, 9.17) is 9.47 Å². The fourth-order valence-corrected chi connectivity index (χ4v) is 4.39. The summed E-state index contributed by atoms with van der Waals surface area (Å²) in [6, 6.07) is 27.4. The first-order chi connectivity index (χ1) is 17.6. The molecule has 1 saturated heterocycles. The number of nitrogens with zero attached hydrogens (tertiary/aromatic N) is 2. The van der Waals surface area contributed by atoms with Gasteiger partial charge in [-0.15, -0.1) is 0 Å². The Hall–Kier alpha value is -3.97. The second-order valence-electron chi connectivity index (χ2n) is 8.62. The average Bonchev–Trinajstić information content (AvgIpc) is 3.30. The van der Waals surface area contributed by atoms with Crippen LogP contribution in [0, 0.1) is 0 Å². The highest BCUT2D eigenvalue weighted by atomic mass is 16.6. The maximum absolute atomic E-state index is 13.6. The van der Waals surface area contributed by atoms with Gasteiger partial charge in [0.25, 0.3) is 0 Å². The molecule has 2 amide bonds. The van der Waals surface area contributed by atoms with E-state index in [9.17, 15) is 14.4 Å². The lowest BCUT2D eigenvalue weighted by Gasteiger charge is -2.31. The molecule has 7 heteroatoms. The maximum atomic E-state index is 13.6. The van der Waals surface area contributed by atoms with Crippen molar-refractivity contribution in [2.75, 3.05) is 13.2 Å². The Kier molecular flexibility index (Phi) is 8.47. The largest absolute Gasteiger partial charge is 0.465 e. The van der Waals surface area contributed by atoms with Crippen molar-refractivity contribution in [2.24, 2.45) is 0 Å². The van der Waals surface area contributed by atoms with Crippen molar-refractivity contribution in [1.29, 1.82) is 0 Å². The molecule has 4 rings (SSSR count). The van der Waals surface area contributed by atoms with Gasteiger partial charge in [0.05, 0.1) is 13.0 Å². The van der Waals surface area contributed by atoms with Gasteiger partial charge < -0.3 is 9.47 Å². The van der Waals surface area contributed by atoms with E-state index in [1.165, 1.54) is 0 Å². The predicted molar refractivity (Wildman–Crippen MR) is 135 cm³/mol. The van der Waals surface area contributed by atoms with Crippen LogP contribution in [-0.4, -0.2) is 47.0 Å². The van der Waals surface area contributed by atoms with Crippen LogP contribution in [0.1, 0.15) is 36.1 Å². The third-order valence-corrected chi connectivity index (χ3v) is 6.15. The van der Waals surface area contributed by atoms with Crippen molar-refractivity contribution in [3.05, 3.63) is 108 Å². The topological polar surface area (TPSA) is 76.2 Å². The number of amides is 2. The molecule has 3 aromatic rings. The van der Waals surface area contributed by atoms with Crippen molar-refractivity contribution < 1.29 is 23.9 Å². The summed E-state index contributed by atoms with van der Waals surface area (Å²) >= 11 is 0. The Morgan fingerprint density at radius 2 is 1.44 bits per heavy atom. The van der Waals surface area contributed by atoms with Gasteiger partial charge in [-0.3, -0.25) is 14.5 Å². The molecule has 0 spiro atoms. The van der Waals surface area contributed by atoms with Gasteiger partial charge in [0.1, 0.15) is 18.7 Å². The van der Waals surface area contributed by atoms with E-state index in [1.807, 2.05) is 95.9 Å². The number of imide groups is 1. The minimum atomic E-state index is -0.886. The van der Waals surface area contributed by atoms with E-state index >= 15 is 0 Å². The Balaban J connectivity index is 1.63. The highest BCUT2D eigenvalue weighted by Crippen LogP contribution is 2.29. The third-order valence-electron chi connectivity index (χ3n) is 6.15. The number of rotatable bonds is 10. The van der Waals surface area contributed by atoms with Crippen LogP contribution in [0.2, 0.25) is 0 Å². The molecular formula is C29H30N2O5. The number of esters is 1. The van der Waals surface area contributed by atoms with Crippen LogP contribution in [0.4, 0.5) is 4.79 Å². The lowest BCUT2D eigenvalue weighted by molar-refractivity contribution is -0.153. The number of carbonyl (C=O) groups is 3. The third kappa shape index (κ3) is 6.17. The van der Waals surface area contributed by atoms with Crippen molar-refractivity contribution >= 4 is 18.0 Å². The summed E-state index contributed by atoms with van der Waals surface area (Å²) in [5, 5.41) is 0. The van der Waals surface area contributed by atoms with E-state index in [0.717, 1.165) is 21.6 Å². The second kappa shape index (κ2) is 12.1. The Morgan fingerprint density at radius 3 is 1.97 bits per heavy atom. The first-order valence-corrected chi connectivity index (χ1v) is 12.1. The summed E-state index contributed by atoms with van der Waals surface area (Å²) in [4.78, 5) is 42.4. The number of ether oxygens (including phenoxy) is 2. The van der Waals surface area contributed by atoms with Crippen molar-refractivity contribution in [2.45, 2.75) is 38.5 Å². The van der Waals surface area contributed by atoms with Crippen LogP contribution < -0.4 is 0 Å². The number of hydrogen-bond acceptors (Lipinski definition) is 6. The van der Waals surface area contributed by atoms with E-state index in [2.05, 4.69) is 0 Å². The summed E-state index contributed by atoms with van der Waals surface area (Å²) in [5.41, 5.74) is 2.80. The van der Waals surface area contributed by atoms with Gasteiger partial charge in [0, 0.05) is 13.1 Å². The lowest BCUT2D eigenvalue weighted by atomic mass is 10.0. The monoisotopic (exact) mass is 486 g/mol. The SMILES string of the molecule is CCOC(=O)[C@@H](CC(=O)N1C(=O)OC[C@H]1c1ccccc1)N(Cc1ccccc1)Cc1ccccc1. The Bertz CT molecular complexity index is 1110. The predicted octanol–water partition coefficient (Wildman–Crippen LogP) is 4.73. The summed E-state index contributed by atoms with van der Waals surface area (Å²) in [6.45, 7) is 2.86. The average molecular weight is 487 g/mol. The number of benzene rings is 3. The quantitative estimate of drug-likeness (QED) is 0.386. The molecule has 0 aliphatic carbocycles. The molecule has 0 N–H and O–H groups in total. The minimum Gasteiger partial charge on any atom is -0.465 e. The van der Waals surface area contributed by atoms with Crippen molar-refractivity contribution in [1.82, 2.24) is 9.80 Å². The molecular weight excluding hydrogens is 456 g/mol. The van der Waals surface area contributed by atoms with Gasteiger partial charge in [-0.25, -0.2) is 9.69 Å². The molecule has 1 aliphatic heterocycles. The smallest absolute Gasteiger partial charge is 0.417 e. The van der Waals surface area contributed by atoms with Gasteiger partial charge in [-0.2, -0.15) is 0 Å². The summed E-state index contributed by atoms with van der Waals surface area (Å²) in [6.07, 6.45) is -0.911. The van der Waals surface area contributed by atoms with Crippen LogP contribution in [0.5, 0.6) is 0 Å². The molecule has 1 aliphatic rings. The van der Waals surface area contributed by atoms with E-state index in [1.54, 1.807) is 6.92 Å². The van der Waals surface area contributed by atoms with Gasteiger partial charge in [-0.1, -0.05) is 91.0 Å². The summed E-state index contributed by atoms with van der Waals surface area (Å²) in [5.74, 6) is -0.975. The minimum absolute atomic E-state index is 0.0798. The van der Waals surface area contributed by atoms with Gasteiger partial charge >= 0.3 is 12.1 Å². The van der Waals surface area contributed by atoms with Gasteiger partial charge in [0.15, 0.2) is 0 Å². The molecule has 36 heavy (non-hydrogen) atoms. The summed E-state index contributed by atoms with van der Waals surface area (Å²) < 4.78 is 10.6. The van der Waals surface area contributed by atoms with E-state index in [0.29, 0.717) is 13.1 Å². The van der Waals surface area contributed by atoms with Gasteiger partial charge in [-0.05, 0) is 23.6 Å². The first-order valence-electron chi connectivity index (χ1n) is 12.1. The molecule has 1 fully saturated rings. The van der Waals surface area contributed by atoms with Crippen molar-refractivity contribution in [3.8, 4) is 0 Å². The number of cyclic esters (lactones) is 1.